The fourth-order valence-corrected chi connectivity index (χ4v) is 2.79. The Kier molecular flexibility index (Phi) is 3.31. The predicted octanol–water partition coefficient (Wildman–Crippen LogP) is 4.81. The zero-order valence-electron chi connectivity index (χ0n) is 12.6. The second-order valence-corrected chi connectivity index (χ2v) is 5.50. The van der Waals surface area contributed by atoms with E-state index in [0.717, 1.165) is 27.6 Å². The minimum atomic E-state index is -0.394. The number of hydrogen-bond acceptors (Lipinski definition) is 3. The van der Waals surface area contributed by atoms with Crippen molar-refractivity contribution in [2.24, 2.45) is 0 Å². The maximum atomic E-state index is 11.0. The van der Waals surface area contributed by atoms with Gasteiger partial charge in [0.1, 0.15) is 5.69 Å². The summed E-state index contributed by atoms with van der Waals surface area (Å²) >= 11 is 0. The lowest BCUT2D eigenvalue weighted by Crippen LogP contribution is -1.87. The van der Waals surface area contributed by atoms with Gasteiger partial charge in [-0.25, -0.2) is 0 Å². The van der Waals surface area contributed by atoms with Crippen LogP contribution in [0.5, 0.6) is 0 Å². The number of hydrogen-bond donors (Lipinski definition) is 1. The maximum Gasteiger partial charge on any atom is 0.270 e. The van der Waals surface area contributed by atoms with Gasteiger partial charge in [0.05, 0.1) is 10.4 Å². The monoisotopic (exact) mass is 315 g/mol. The molecule has 0 spiro atoms. The van der Waals surface area contributed by atoms with Crippen molar-refractivity contribution in [2.75, 3.05) is 0 Å². The molecule has 4 aromatic rings. The van der Waals surface area contributed by atoms with Crippen LogP contribution in [-0.2, 0) is 0 Å². The summed E-state index contributed by atoms with van der Waals surface area (Å²) in [5, 5.41) is 19.0. The standard InChI is InChI=1S/C19H13N3O2/c23-22(24)16-10-11-18-17(12-16)19(21-20-18)15-8-6-14(7-9-15)13-4-2-1-3-5-13/h1-12H,(H,20,21). The number of rotatable bonds is 3. The number of non-ortho nitro benzene ring substituents is 1. The van der Waals surface area contributed by atoms with Gasteiger partial charge < -0.3 is 0 Å². The highest BCUT2D eigenvalue weighted by Gasteiger charge is 2.13. The van der Waals surface area contributed by atoms with Crippen molar-refractivity contribution in [3.05, 3.63) is 82.9 Å². The Morgan fingerprint density at radius 3 is 2.21 bits per heavy atom. The third-order valence-electron chi connectivity index (χ3n) is 4.02. The number of aromatic amines is 1. The number of benzene rings is 3. The normalized spacial score (nSPS) is 10.8. The summed E-state index contributed by atoms with van der Waals surface area (Å²) in [4.78, 5) is 10.6. The molecule has 0 atom stereocenters. The quantitative estimate of drug-likeness (QED) is 0.436. The summed E-state index contributed by atoms with van der Waals surface area (Å²) in [6, 6.07) is 22.8. The number of nitro groups is 1. The van der Waals surface area contributed by atoms with Crippen LogP contribution in [0.1, 0.15) is 0 Å². The highest BCUT2D eigenvalue weighted by atomic mass is 16.6. The van der Waals surface area contributed by atoms with Crippen molar-refractivity contribution < 1.29 is 4.92 Å². The molecule has 5 heteroatoms. The van der Waals surface area contributed by atoms with Crippen molar-refractivity contribution in [2.45, 2.75) is 0 Å². The molecule has 3 aromatic carbocycles. The molecule has 0 unspecified atom stereocenters. The molecule has 0 aliphatic carbocycles. The van der Waals surface area contributed by atoms with E-state index in [2.05, 4.69) is 22.3 Å². The Labute approximate surface area is 137 Å². The molecule has 4 rings (SSSR count). The number of aromatic nitrogens is 2. The second kappa shape index (κ2) is 5.62. The van der Waals surface area contributed by atoms with Gasteiger partial charge in [-0.3, -0.25) is 15.2 Å². The predicted molar refractivity (Wildman–Crippen MR) is 93.6 cm³/mol. The number of nitrogens with zero attached hydrogens (tertiary/aromatic N) is 2. The molecule has 0 fully saturated rings. The number of fused-ring (bicyclic) bond motifs is 1. The largest absolute Gasteiger partial charge is 0.277 e. The van der Waals surface area contributed by atoms with Crippen LogP contribution in [0, 0.1) is 10.1 Å². The zero-order chi connectivity index (χ0) is 16.5. The van der Waals surface area contributed by atoms with Gasteiger partial charge in [0.25, 0.3) is 5.69 Å². The van der Waals surface area contributed by atoms with Crippen molar-refractivity contribution in [3.63, 3.8) is 0 Å². The van der Waals surface area contributed by atoms with Crippen LogP contribution < -0.4 is 0 Å². The van der Waals surface area contributed by atoms with Crippen molar-refractivity contribution in [3.8, 4) is 22.4 Å². The van der Waals surface area contributed by atoms with E-state index in [1.54, 1.807) is 12.1 Å². The van der Waals surface area contributed by atoms with Crippen LogP contribution >= 0.6 is 0 Å². The van der Waals surface area contributed by atoms with Crippen molar-refractivity contribution >= 4 is 16.6 Å². The van der Waals surface area contributed by atoms with Gasteiger partial charge in [0.2, 0.25) is 0 Å². The number of nitro benzene ring substituents is 1. The first-order valence-corrected chi connectivity index (χ1v) is 7.51. The van der Waals surface area contributed by atoms with E-state index in [9.17, 15) is 10.1 Å². The average Bonchev–Trinajstić information content (AvgIpc) is 3.06. The van der Waals surface area contributed by atoms with E-state index in [1.807, 2.05) is 42.5 Å². The lowest BCUT2D eigenvalue weighted by atomic mass is 10.0. The SMILES string of the molecule is O=[N+]([O-])c1ccc2[nH]nc(-c3ccc(-c4ccccc4)cc3)c2c1. The van der Waals surface area contributed by atoms with Crippen LogP contribution in [-0.4, -0.2) is 15.1 Å². The van der Waals surface area contributed by atoms with Gasteiger partial charge in [0.15, 0.2) is 0 Å². The van der Waals surface area contributed by atoms with Gasteiger partial charge in [-0.05, 0) is 17.2 Å². The minimum Gasteiger partial charge on any atom is -0.277 e. The third kappa shape index (κ3) is 2.42. The first-order chi connectivity index (χ1) is 11.7. The second-order valence-electron chi connectivity index (χ2n) is 5.50. The fraction of sp³-hybridized carbons (Fsp3) is 0. The highest BCUT2D eigenvalue weighted by Crippen LogP contribution is 2.30. The van der Waals surface area contributed by atoms with Crippen molar-refractivity contribution in [1.82, 2.24) is 10.2 Å². The summed E-state index contributed by atoms with van der Waals surface area (Å²) in [6.45, 7) is 0. The minimum absolute atomic E-state index is 0.0612. The lowest BCUT2D eigenvalue weighted by Gasteiger charge is -2.03. The molecular weight excluding hydrogens is 302 g/mol. The molecular formula is C19H13N3O2. The van der Waals surface area contributed by atoms with E-state index >= 15 is 0 Å². The molecule has 5 nitrogen and oxygen atoms in total. The fourth-order valence-electron chi connectivity index (χ4n) is 2.79. The lowest BCUT2D eigenvalue weighted by molar-refractivity contribution is -0.384. The summed E-state index contributed by atoms with van der Waals surface area (Å²) < 4.78 is 0. The van der Waals surface area contributed by atoms with Gasteiger partial charge in [-0.1, -0.05) is 54.6 Å². The van der Waals surface area contributed by atoms with E-state index in [0.29, 0.717) is 5.69 Å². The zero-order valence-corrected chi connectivity index (χ0v) is 12.6. The Balaban J connectivity index is 1.77. The molecule has 0 amide bonds. The van der Waals surface area contributed by atoms with Crippen LogP contribution in [0.15, 0.2) is 72.8 Å². The third-order valence-corrected chi connectivity index (χ3v) is 4.02. The Morgan fingerprint density at radius 2 is 1.50 bits per heavy atom. The first-order valence-electron chi connectivity index (χ1n) is 7.51. The van der Waals surface area contributed by atoms with Crippen LogP contribution in [0.3, 0.4) is 0 Å². The molecule has 0 aliphatic rings. The molecule has 24 heavy (non-hydrogen) atoms. The molecule has 0 saturated heterocycles. The Bertz CT molecular complexity index is 1020. The van der Waals surface area contributed by atoms with E-state index < -0.39 is 4.92 Å². The van der Waals surface area contributed by atoms with Crippen LogP contribution in [0.4, 0.5) is 5.69 Å². The average molecular weight is 315 g/mol. The van der Waals surface area contributed by atoms with Gasteiger partial charge in [-0.15, -0.1) is 0 Å². The molecule has 0 saturated carbocycles. The molecule has 1 heterocycles. The smallest absolute Gasteiger partial charge is 0.270 e. The number of nitrogens with one attached hydrogen (secondary N) is 1. The summed E-state index contributed by atoms with van der Waals surface area (Å²) in [7, 11) is 0. The van der Waals surface area contributed by atoms with Crippen LogP contribution in [0.25, 0.3) is 33.3 Å². The molecule has 0 aliphatic heterocycles. The van der Waals surface area contributed by atoms with E-state index in [4.69, 9.17) is 0 Å². The molecule has 1 N–H and O–H groups in total. The molecule has 0 radical (unpaired) electrons. The number of H-pyrrole nitrogens is 1. The molecule has 1 aromatic heterocycles. The molecule has 116 valence electrons. The summed E-state index contributed by atoms with van der Waals surface area (Å²) in [5.41, 5.74) is 4.74. The van der Waals surface area contributed by atoms with Crippen molar-refractivity contribution in [1.29, 1.82) is 0 Å². The van der Waals surface area contributed by atoms with Crippen LogP contribution in [0.2, 0.25) is 0 Å². The summed E-state index contributed by atoms with van der Waals surface area (Å²) in [6.07, 6.45) is 0. The molecule has 0 bridgehead atoms. The van der Waals surface area contributed by atoms with Gasteiger partial charge in [0, 0.05) is 23.1 Å². The first kappa shape index (κ1) is 14.1. The van der Waals surface area contributed by atoms with E-state index in [1.165, 1.54) is 6.07 Å². The summed E-state index contributed by atoms with van der Waals surface area (Å²) in [5.74, 6) is 0. The van der Waals surface area contributed by atoms with Gasteiger partial charge in [-0.2, -0.15) is 5.10 Å². The van der Waals surface area contributed by atoms with E-state index in [-0.39, 0.29) is 5.69 Å². The maximum absolute atomic E-state index is 11.0. The Hall–Kier alpha value is -3.47. The topological polar surface area (TPSA) is 71.8 Å². The van der Waals surface area contributed by atoms with Gasteiger partial charge >= 0.3 is 0 Å². The highest BCUT2D eigenvalue weighted by molar-refractivity contribution is 5.94. The Morgan fingerprint density at radius 1 is 0.833 bits per heavy atom.